The van der Waals surface area contributed by atoms with Crippen LogP contribution in [0.25, 0.3) is 0 Å². The summed E-state index contributed by atoms with van der Waals surface area (Å²) in [5.41, 5.74) is 5.77. The molecule has 0 saturated carbocycles. The van der Waals surface area contributed by atoms with Crippen LogP contribution in [-0.4, -0.2) is 43.3 Å². The van der Waals surface area contributed by atoms with Gasteiger partial charge in [0, 0.05) is 25.7 Å². The van der Waals surface area contributed by atoms with Gasteiger partial charge in [0.25, 0.3) is 0 Å². The van der Waals surface area contributed by atoms with Crippen molar-refractivity contribution in [2.24, 2.45) is 11.7 Å². The summed E-state index contributed by atoms with van der Waals surface area (Å²) in [6.45, 7) is 10.3. The molecular weight excluding hydrogens is 164 g/mol. The molecule has 1 fully saturated rings. The zero-order valence-corrected chi connectivity index (χ0v) is 8.99. The van der Waals surface area contributed by atoms with Gasteiger partial charge in [0.1, 0.15) is 0 Å². The fraction of sp³-hybridized carbons (Fsp3) is 1.00. The third-order valence-corrected chi connectivity index (χ3v) is 2.75. The van der Waals surface area contributed by atoms with E-state index in [1.54, 1.807) is 0 Å². The second kappa shape index (κ2) is 4.94. The summed E-state index contributed by atoms with van der Waals surface area (Å²) >= 11 is 0. The van der Waals surface area contributed by atoms with Crippen molar-refractivity contribution in [1.29, 1.82) is 0 Å². The Hall–Kier alpha value is -0.120. The van der Waals surface area contributed by atoms with Gasteiger partial charge < -0.3 is 10.5 Å². The first-order chi connectivity index (χ1) is 6.15. The zero-order valence-electron chi connectivity index (χ0n) is 8.99. The molecule has 1 rings (SSSR count). The van der Waals surface area contributed by atoms with Crippen molar-refractivity contribution in [3.63, 3.8) is 0 Å². The summed E-state index contributed by atoms with van der Waals surface area (Å²) in [6.07, 6.45) is 0.363. The normalized spacial score (nSPS) is 27.9. The highest BCUT2D eigenvalue weighted by molar-refractivity contribution is 4.79. The van der Waals surface area contributed by atoms with Crippen LogP contribution in [0, 0.1) is 5.92 Å². The molecule has 0 bridgehead atoms. The molecule has 0 aliphatic carbocycles. The van der Waals surface area contributed by atoms with E-state index < -0.39 is 0 Å². The van der Waals surface area contributed by atoms with E-state index >= 15 is 0 Å². The Labute approximate surface area is 81.2 Å². The van der Waals surface area contributed by atoms with Gasteiger partial charge in [0.2, 0.25) is 0 Å². The molecule has 0 aromatic carbocycles. The lowest BCUT2D eigenvalue weighted by Crippen LogP contribution is -2.51. The molecule has 1 aliphatic rings. The third-order valence-electron chi connectivity index (χ3n) is 2.75. The minimum absolute atomic E-state index is 0.363. The number of nitrogens with zero attached hydrogens (tertiary/aromatic N) is 1. The van der Waals surface area contributed by atoms with Crippen molar-refractivity contribution in [3.8, 4) is 0 Å². The molecule has 1 saturated heterocycles. The van der Waals surface area contributed by atoms with Crippen LogP contribution in [0.5, 0.6) is 0 Å². The molecule has 1 aliphatic heterocycles. The van der Waals surface area contributed by atoms with Gasteiger partial charge in [0.15, 0.2) is 0 Å². The number of hydrogen-bond donors (Lipinski definition) is 1. The molecule has 0 aromatic heterocycles. The molecule has 0 spiro atoms. The SMILES string of the molecule is CC1CN(C(CN)C(C)C)CCO1. The fourth-order valence-corrected chi connectivity index (χ4v) is 1.99. The second-order valence-electron chi connectivity index (χ2n) is 4.22. The first-order valence-corrected chi connectivity index (χ1v) is 5.21. The van der Waals surface area contributed by atoms with Gasteiger partial charge in [-0.25, -0.2) is 0 Å². The topological polar surface area (TPSA) is 38.5 Å². The zero-order chi connectivity index (χ0) is 9.84. The molecule has 0 amide bonds. The lowest BCUT2D eigenvalue weighted by Gasteiger charge is -2.38. The highest BCUT2D eigenvalue weighted by atomic mass is 16.5. The standard InChI is InChI=1S/C10H22N2O/c1-8(2)10(6-11)12-4-5-13-9(3)7-12/h8-10H,4-7,11H2,1-3H3. The Morgan fingerprint density at radius 3 is 2.69 bits per heavy atom. The van der Waals surface area contributed by atoms with Gasteiger partial charge in [0.05, 0.1) is 12.7 Å². The summed E-state index contributed by atoms with van der Waals surface area (Å²) in [6, 6.07) is 0.520. The number of morpholine rings is 1. The first kappa shape index (κ1) is 11.0. The van der Waals surface area contributed by atoms with Gasteiger partial charge in [-0.05, 0) is 12.8 Å². The lowest BCUT2D eigenvalue weighted by atomic mass is 10.0. The summed E-state index contributed by atoms with van der Waals surface area (Å²) in [5.74, 6) is 0.635. The van der Waals surface area contributed by atoms with E-state index in [1.165, 1.54) is 0 Å². The first-order valence-electron chi connectivity index (χ1n) is 5.21. The van der Waals surface area contributed by atoms with Crippen LogP contribution >= 0.6 is 0 Å². The van der Waals surface area contributed by atoms with Crippen LogP contribution in [0.2, 0.25) is 0 Å². The quantitative estimate of drug-likeness (QED) is 0.705. The summed E-state index contributed by atoms with van der Waals surface area (Å²) < 4.78 is 5.50. The van der Waals surface area contributed by atoms with Gasteiger partial charge >= 0.3 is 0 Å². The Morgan fingerprint density at radius 1 is 1.54 bits per heavy atom. The second-order valence-corrected chi connectivity index (χ2v) is 4.22. The van der Waals surface area contributed by atoms with E-state index in [-0.39, 0.29) is 0 Å². The molecule has 2 atom stereocenters. The molecule has 0 aromatic rings. The molecule has 3 nitrogen and oxygen atoms in total. The highest BCUT2D eigenvalue weighted by Gasteiger charge is 2.25. The molecule has 2 N–H and O–H groups in total. The van der Waals surface area contributed by atoms with E-state index in [2.05, 4.69) is 25.7 Å². The molecule has 3 heteroatoms. The lowest BCUT2D eigenvalue weighted by molar-refractivity contribution is -0.0394. The number of nitrogens with two attached hydrogens (primary N) is 1. The van der Waals surface area contributed by atoms with Crippen LogP contribution in [0.1, 0.15) is 20.8 Å². The predicted octanol–water partition coefficient (Wildman–Crippen LogP) is 0.690. The Kier molecular flexibility index (Phi) is 4.16. The van der Waals surface area contributed by atoms with Crippen molar-refractivity contribution in [1.82, 2.24) is 4.90 Å². The summed E-state index contributed by atoms with van der Waals surface area (Å²) in [7, 11) is 0. The molecular formula is C10H22N2O. The predicted molar refractivity (Wildman–Crippen MR) is 54.7 cm³/mol. The fourth-order valence-electron chi connectivity index (χ4n) is 1.99. The maximum Gasteiger partial charge on any atom is 0.0674 e. The minimum atomic E-state index is 0.363. The van der Waals surface area contributed by atoms with Gasteiger partial charge in [-0.1, -0.05) is 13.8 Å². The highest BCUT2D eigenvalue weighted by Crippen LogP contribution is 2.14. The molecule has 1 heterocycles. The molecule has 0 radical (unpaired) electrons. The Bertz CT molecular complexity index is 150. The number of hydrogen-bond acceptors (Lipinski definition) is 3. The number of rotatable bonds is 3. The van der Waals surface area contributed by atoms with E-state index in [4.69, 9.17) is 10.5 Å². The van der Waals surface area contributed by atoms with Crippen molar-refractivity contribution < 1.29 is 4.74 Å². The minimum Gasteiger partial charge on any atom is -0.376 e. The number of ether oxygens (including phenoxy) is 1. The molecule has 78 valence electrons. The average molecular weight is 186 g/mol. The third kappa shape index (κ3) is 2.93. The molecule has 13 heavy (non-hydrogen) atoms. The van der Waals surface area contributed by atoms with E-state index in [0.717, 1.165) is 26.2 Å². The van der Waals surface area contributed by atoms with Crippen LogP contribution < -0.4 is 5.73 Å². The van der Waals surface area contributed by atoms with Gasteiger partial charge in [-0.2, -0.15) is 0 Å². The van der Waals surface area contributed by atoms with Crippen LogP contribution in [-0.2, 0) is 4.74 Å². The monoisotopic (exact) mass is 186 g/mol. The molecule has 2 unspecified atom stereocenters. The van der Waals surface area contributed by atoms with Crippen molar-refractivity contribution in [2.45, 2.75) is 32.9 Å². The van der Waals surface area contributed by atoms with E-state index in [0.29, 0.717) is 18.1 Å². The average Bonchev–Trinajstić information content (AvgIpc) is 2.04. The maximum atomic E-state index is 5.77. The maximum absolute atomic E-state index is 5.77. The van der Waals surface area contributed by atoms with Crippen molar-refractivity contribution >= 4 is 0 Å². The van der Waals surface area contributed by atoms with Crippen molar-refractivity contribution in [2.75, 3.05) is 26.2 Å². The smallest absolute Gasteiger partial charge is 0.0674 e. The van der Waals surface area contributed by atoms with Gasteiger partial charge in [-0.15, -0.1) is 0 Å². The van der Waals surface area contributed by atoms with E-state index in [1.807, 2.05) is 0 Å². The van der Waals surface area contributed by atoms with Crippen LogP contribution in [0.15, 0.2) is 0 Å². The largest absolute Gasteiger partial charge is 0.376 e. The summed E-state index contributed by atoms with van der Waals surface area (Å²) in [5, 5.41) is 0. The van der Waals surface area contributed by atoms with Gasteiger partial charge in [-0.3, -0.25) is 4.90 Å². The van der Waals surface area contributed by atoms with E-state index in [9.17, 15) is 0 Å². The Morgan fingerprint density at radius 2 is 2.23 bits per heavy atom. The van der Waals surface area contributed by atoms with Crippen molar-refractivity contribution in [3.05, 3.63) is 0 Å². The summed E-state index contributed by atoms with van der Waals surface area (Å²) in [4.78, 5) is 2.46. The van der Waals surface area contributed by atoms with Crippen LogP contribution in [0.3, 0.4) is 0 Å². The van der Waals surface area contributed by atoms with Crippen LogP contribution in [0.4, 0.5) is 0 Å². The Balaban J connectivity index is 2.47.